The van der Waals surface area contributed by atoms with Crippen molar-refractivity contribution in [3.05, 3.63) is 52.7 Å². The molecule has 0 N–H and O–H groups in total. The minimum Gasteiger partial charge on any atom is -0.456 e. The van der Waals surface area contributed by atoms with Gasteiger partial charge in [0.05, 0.1) is 6.54 Å². The quantitative estimate of drug-likeness (QED) is 0.691. The van der Waals surface area contributed by atoms with E-state index in [2.05, 4.69) is 5.16 Å². The Morgan fingerprint density at radius 3 is 2.81 bits per heavy atom. The third-order valence-corrected chi connectivity index (χ3v) is 5.00. The molecule has 1 aromatic carbocycles. The number of aromatic nitrogens is 1. The van der Waals surface area contributed by atoms with Crippen LogP contribution in [0.2, 0.25) is 0 Å². The van der Waals surface area contributed by atoms with Crippen LogP contribution < -0.4 is 9.47 Å². The number of benzene rings is 1. The maximum atomic E-state index is 12.9. The maximum absolute atomic E-state index is 12.9. The van der Waals surface area contributed by atoms with E-state index >= 15 is 0 Å². The first-order valence-electron chi connectivity index (χ1n) is 8.84. The van der Waals surface area contributed by atoms with E-state index in [0.717, 1.165) is 39.7 Å². The molecule has 7 heteroatoms. The molecule has 5 rings (SSSR count). The van der Waals surface area contributed by atoms with Crippen LogP contribution in [-0.2, 0) is 13.0 Å². The fourth-order valence-corrected chi connectivity index (χ4v) is 3.65. The molecule has 2 aliphatic heterocycles. The number of hydrogen-bond donors (Lipinski definition) is 0. The third-order valence-electron chi connectivity index (χ3n) is 5.00. The van der Waals surface area contributed by atoms with Crippen molar-refractivity contribution in [2.24, 2.45) is 0 Å². The average Bonchev–Trinajstić information content (AvgIpc) is 3.37. The van der Waals surface area contributed by atoms with Gasteiger partial charge in [0, 0.05) is 29.7 Å². The van der Waals surface area contributed by atoms with Crippen LogP contribution in [0.5, 0.6) is 11.5 Å². The molecule has 7 nitrogen and oxygen atoms in total. The second kappa shape index (κ2) is 5.90. The normalized spacial score (nSPS) is 15.1. The van der Waals surface area contributed by atoms with E-state index in [1.807, 2.05) is 38.1 Å². The van der Waals surface area contributed by atoms with E-state index in [9.17, 15) is 4.79 Å². The van der Waals surface area contributed by atoms with Gasteiger partial charge in [-0.3, -0.25) is 4.79 Å². The number of carbonyl (C=O) groups is 1. The van der Waals surface area contributed by atoms with Gasteiger partial charge in [0.2, 0.25) is 6.79 Å². The molecule has 0 unspecified atom stereocenters. The fraction of sp³-hybridized carbons (Fsp3) is 0.300. The minimum absolute atomic E-state index is 0.107. The van der Waals surface area contributed by atoms with E-state index in [4.69, 9.17) is 18.4 Å². The molecule has 27 heavy (non-hydrogen) atoms. The molecule has 138 valence electrons. The predicted octanol–water partition coefficient (Wildman–Crippen LogP) is 3.48. The highest BCUT2D eigenvalue weighted by atomic mass is 16.7. The summed E-state index contributed by atoms with van der Waals surface area (Å²) < 4.78 is 22.0. The average molecular weight is 366 g/mol. The first-order valence-corrected chi connectivity index (χ1v) is 8.84. The summed E-state index contributed by atoms with van der Waals surface area (Å²) in [7, 11) is 0. The van der Waals surface area contributed by atoms with Crippen LogP contribution >= 0.6 is 0 Å². The van der Waals surface area contributed by atoms with Gasteiger partial charge in [-0.25, -0.2) is 0 Å². The number of hydrogen-bond acceptors (Lipinski definition) is 6. The Kier molecular flexibility index (Phi) is 3.50. The number of fused-ring (bicyclic) bond motifs is 2. The maximum Gasteiger partial charge on any atom is 0.290 e. The summed E-state index contributed by atoms with van der Waals surface area (Å²) in [6.07, 6.45) is 0.622. The Morgan fingerprint density at radius 1 is 1.15 bits per heavy atom. The molecule has 4 heterocycles. The number of nitrogens with zero attached hydrogens (tertiary/aromatic N) is 2. The summed E-state index contributed by atoms with van der Waals surface area (Å²) in [5, 5.41) is 4.25. The molecule has 3 aromatic rings. The highest BCUT2D eigenvalue weighted by Crippen LogP contribution is 2.38. The van der Waals surface area contributed by atoms with Crippen LogP contribution in [0.25, 0.3) is 11.3 Å². The van der Waals surface area contributed by atoms with Gasteiger partial charge in [-0.2, -0.15) is 0 Å². The lowest BCUT2D eigenvalue weighted by Gasteiger charge is -2.25. The zero-order valence-corrected chi connectivity index (χ0v) is 15.1. The van der Waals surface area contributed by atoms with Gasteiger partial charge in [0.1, 0.15) is 17.2 Å². The Morgan fingerprint density at radius 2 is 2.00 bits per heavy atom. The van der Waals surface area contributed by atoms with Gasteiger partial charge >= 0.3 is 0 Å². The molecule has 0 bridgehead atoms. The molecular weight excluding hydrogens is 348 g/mol. The lowest BCUT2D eigenvalue weighted by Crippen LogP contribution is -2.35. The standard InChI is InChI=1S/C20H18N2O5/c1-11-7-12(2)26-19(11)20(23)22-6-5-15-14(9-22)18(21-27-15)13-3-4-16-17(8-13)25-10-24-16/h3-4,7-8H,5-6,9-10H2,1-2H3. The molecule has 0 saturated heterocycles. The SMILES string of the molecule is Cc1cc(C)c(C(=O)N2CCc3onc(-c4ccc5c(c4)OCO5)c3C2)o1. The lowest BCUT2D eigenvalue weighted by atomic mass is 10.0. The van der Waals surface area contributed by atoms with E-state index in [1.54, 1.807) is 4.90 Å². The predicted molar refractivity (Wildman–Crippen MR) is 94.7 cm³/mol. The van der Waals surface area contributed by atoms with Crippen LogP contribution in [-0.4, -0.2) is 29.3 Å². The van der Waals surface area contributed by atoms with Gasteiger partial charge in [0.15, 0.2) is 17.3 Å². The number of furan rings is 1. The first-order chi connectivity index (χ1) is 13.1. The van der Waals surface area contributed by atoms with Gasteiger partial charge in [0.25, 0.3) is 5.91 Å². The summed E-state index contributed by atoms with van der Waals surface area (Å²) >= 11 is 0. The second-order valence-corrected chi connectivity index (χ2v) is 6.85. The van der Waals surface area contributed by atoms with E-state index in [-0.39, 0.29) is 12.7 Å². The number of ether oxygens (including phenoxy) is 2. The molecule has 0 fully saturated rings. The van der Waals surface area contributed by atoms with Gasteiger partial charge in [-0.05, 0) is 38.1 Å². The van der Waals surface area contributed by atoms with E-state index in [0.29, 0.717) is 31.0 Å². The van der Waals surface area contributed by atoms with Crippen LogP contribution in [0.1, 0.15) is 33.2 Å². The molecule has 2 aliphatic rings. The molecule has 0 aliphatic carbocycles. The van der Waals surface area contributed by atoms with Crippen molar-refractivity contribution < 1.29 is 23.2 Å². The summed E-state index contributed by atoms with van der Waals surface area (Å²) in [4.78, 5) is 14.7. The Hall–Kier alpha value is -3.22. The smallest absolute Gasteiger partial charge is 0.290 e. The largest absolute Gasteiger partial charge is 0.456 e. The molecule has 0 spiro atoms. The van der Waals surface area contributed by atoms with Crippen molar-refractivity contribution in [1.29, 1.82) is 0 Å². The Labute approximate surface area is 155 Å². The van der Waals surface area contributed by atoms with E-state index in [1.165, 1.54) is 0 Å². The van der Waals surface area contributed by atoms with Crippen LogP contribution in [0.4, 0.5) is 0 Å². The first kappa shape index (κ1) is 16.0. The van der Waals surface area contributed by atoms with Crippen LogP contribution in [0, 0.1) is 13.8 Å². The van der Waals surface area contributed by atoms with Gasteiger partial charge < -0.3 is 23.3 Å². The number of aryl methyl sites for hydroxylation is 2. The summed E-state index contributed by atoms with van der Waals surface area (Å²) in [6.45, 7) is 4.95. The topological polar surface area (TPSA) is 77.9 Å². The zero-order chi connectivity index (χ0) is 18.5. The van der Waals surface area contributed by atoms with Crippen LogP contribution in [0.15, 0.2) is 33.2 Å². The molecule has 0 radical (unpaired) electrons. The summed E-state index contributed by atoms with van der Waals surface area (Å²) in [5.74, 6) is 3.26. The van der Waals surface area contributed by atoms with Gasteiger partial charge in [-0.1, -0.05) is 5.16 Å². The molecule has 1 amide bonds. The van der Waals surface area contributed by atoms with Crippen molar-refractivity contribution >= 4 is 5.91 Å². The van der Waals surface area contributed by atoms with Crippen molar-refractivity contribution in [3.63, 3.8) is 0 Å². The molecule has 0 atom stereocenters. The zero-order valence-electron chi connectivity index (χ0n) is 15.1. The highest BCUT2D eigenvalue weighted by molar-refractivity contribution is 5.93. The summed E-state index contributed by atoms with van der Waals surface area (Å²) in [6, 6.07) is 7.55. The number of rotatable bonds is 2. The third kappa shape index (κ3) is 2.58. The Bertz CT molecular complexity index is 1050. The van der Waals surface area contributed by atoms with Gasteiger partial charge in [-0.15, -0.1) is 0 Å². The van der Waals surface area contributed by atoms with Crippen LogP contribution in [0.3, 0.4) is 0 Å². The Balaban J connectivity index is 1.46. The monoisotopic (exact) mass is 366 g/mol. The van der Waals surface area contributed by atoms with Crippen molar-refractivity contribution in [3.8, 4) is 22.8 Å². The van der Waals surface area contributed by atoms with Crippen molar-refractivity contribution in [1.82, 2.24) is 10.1 Å². The second-order valence-electron chi connectivity index (χ2n) is 6.85. The van der Waals surface area contributed by atoms with Crippen molar-refractivity contribution in [2.75, 3.05) is 13.3 Å². The lowest BCUT2D eigenvalue weighted by molar-refractivity contribution is 0.0694. The summed E-state index contributed by atoms with van der Waals surface area (Å²) in [5.41, 5.74) is 3.38. The number of carbonyl (C=O) groups excluding carboxylic acids is 1. The van der Waals surface area contributed by atoms with E-state index < -0.39 is 0 Å². The molecule has 2 aromatic heterocycles. The number of amides is 1. The van der Waals surface area contributed by atoms with Crippen molar-refractivity contribution in [2.45, 2.75) is 26.8 Å². The minimum atomic E-state index is -0.107. The fourth-order valence-electron chi connectivity index (χ4n) is 3.65. The molecule has 0 saturated carbocycles. The molecular formula is C20H18N2O5. The highest BCUT2D eigenvalue weighted by Gasteiger charge is 2.30.